The van der Waals surface area contributed by atoms with Crippen LogP contribution in [0.5, 0.6) is 0 Å². The third kappa shape index (κ3) is 4.54. The first kappa shape index (κ1) is 23.5. The minimum Gasteiger partial charge on any atom is -0.396 e. The molecule has 3 rings (SSSR count). The van der Waals surface area contributed by atoms with Gasteiger partial charge in [0.2, 0.25) is 10.0 Å². The molecule has 0 heterocycles. The Morgan fingerprint density at radius 3 is 1.62 bits per heavy atom. The van der Waals surface area contributed by atoms with E-state index in [9.17, 15) is 13.5 Å². The van der Waals surface area contributed by atoms with Gasteiger partial charge in [0.25, 0.3) is 0 Å². The summed E-state index contributed by atoms with van der Waals surface area (Å²) in [4.78, 5) is 2.76. The van der Waals surface area contributed by atoms with E-state index in [0.29, 0.717) is 16.7 Å². The van der Waals surface area contributed by atoms with Crippen LogP contribution in [0, 0.1) is 0 Å². The number of hydrogen-bond donors (Lipinski definition) is 1. The van der Waals surface area contributed by atoms with Gasteiger partial charge in [0.1, 0.15) is 0 Å². The van der Waals surface area contributed by atoms with Gasteiger partial charge in [0.15, 0.2) is 4.75 Å². The molecule has 0 saturated carbocycles. The molecule has 0 spiro atoms. The van der Waals surface area contributed by atoms with Crippen molar-refractivity contribution in [1.82, 2.24) is 4.31 Å². The number of sulfonamides is 1. The van der Waals surface area contributed by atoms with Crippen molar-refractivity contribution < 1.29 is 13.5 Å². The first-order chi connectivity index (χ1) is 15.6. The fraction of sp³-hybridized carbons (Fsp3) is 0.250. The number of nitrogens with zero attached hydrogens (tertiary/aromatic N) is 4. The third-order valence-electron chi connectivity index (χ3n) is 5.35. The summed E-state index contributed by atoms with van der Waals surface area (Å²) in [6.07, 6.45) is 0.268. The van der Waals surface area contributed by atoms with E-state index in [2.05, 4.69) is 10.0 Å². The normalized spacial score (nSPS) is 11.8. The van der Waals surface area contributed by atoms with Gasteiger partial charge in [-0.1, -0.05) is 96.1 Å². The monoisotopic (exact) mass is 450 g/mol. The predicted molar refractivity (Wildman–Crippen MR) is 125 cm³/mol. The average Bonchev–Trinajstić information content (AvgIpc) is 2.83. The van der Waals surface area contributed by atoms with Crippen molar-refractivity contribution in [2.24, 2.45) is 5.11 Å². The summed E-state index contributed by atoms with van der Waals surface area (Å²) >= 11 is 0. The largest absolute Gasteiger partial charge is 0.396 e. The number of aliphatic hydroxyl groups is 1. The highest BCUT2D eigenvalue weighted by Crippen LogP contribution is 2.45. The molecule has 0 amide bonds. The second-order valence-electron chi connectivity index (χ2n) is 7.21. The molecule has 0 aliphatic rings. The smallest absolute Gasteiger partial charge is 0.232 e. The molecule has 3 aromatic rings. The van der Waals surface area contributed by atoms with Crippen molar-refractivity contribution in [2.45, 2.75) is 11.2 Å². The predicted octanol–water partition coefficient (Wildman–Crippen LogP) is 4.30. The molecular weight excluding hydrogens is 424 g/mol. The van der Waals surface area contributed by atoms with E-state index in [1.54, 1.807) is 0 Å². The van der Waals surface area contributed by atoms with Gasteiger partial charge in [-0.05, 0) is 28.6 Å². The van der Waals surface area contributed by atoms with Gasteiger partial charge in [-0.15, -0.1) is 0 Å². The van der Waals surface area contributed by atoms with Gasteiger partial charge in [0.05, 0.1) is 0 Å². The molecule has 32 heavy (non-hydrogen) atoms. The molecule has 0 aliphatic heterocycles. The third-order valence-corrected chi connectivity index (χ3v) is 7.87. The van der Waals surface area contributed by atoms with Crippen LogP contribution in [0.15, 0.2) is 96.1 Å². The van der Waals surface area contributed by atoms with E-state index in [4.69, 9.17) is 5.53 Å². The van der Waals surface area contributed by atoms with Gasteiger partial charge in [-0.2, -0.15) is 0 Å². The van der Waals surface area contributed by atoms with Crippen LogP contribution in [-0.4, -0.2) is 44.1 Å². The lowest BCUT2D eigenvalue weighted by atomic mass is 9.84. The van der Waals surface area contributed by atoms with Crippen LogP contribution in [0.25, 0.3) is 10.4 Å². The number of benzene rings is 3. The fourth-order valence-electron chi connectivity index (χ4n) is 3.96. The maximum atomic E-state index is 14.6. The van der Waals surface area contributed by atoms with Gasteiger partial charge in [0, 0.05) is 31.2 Å². The van der Waals surface area contributed by atoms with Crippen LogP contribution in [0.1, 0.15) is 23.1 Å². The molecule has 0 unspecified atom stereocenters. The van der Waals surface area contributed by atoms with Crippen LogP contribution < -0.4 is 0 Å². The van der Waals surface area contributed by atoms with Gasteiger partial charge in [-0.25, -0.2) is 12.7 Å². The SMILES string of the molecule is [N-]=[N+]=NCCN(CCCO)S(=O)(=O)C(c1ccccc1)(c1ccccc1)c1ccccc1. The van der Waals surface area contributed by atoms with Crippen LogP contribution in [0.2, 0.25) is 0 Å². The zero-order valence-corrected chi connectivity index (χ0v) is 18.5. The van der Waals surface area contributed by atoms with E-state index in [1.165, 1.54) is 4.31 Å². The summed E-state index contributed by atoms with van der Waals surface area (Å²) in [6, 6.07) is 27.4. The Morgan fingerprint density at radius 2 is 1.25 bits per heavy atom. The van der Waals surface area contributed by atoms with Gasteiger partial charge >= 0.3 is 0 Å². The van der Waals surface area contributed by atoms with Crippen LogP contribution in [0.3, 0.4) is 0 Å². The summed E-state index contributed by atoms with van der Waals surface area (Å²) in [7, 11) is -4.10. The van der Waals surface area contributed by atoms with E-state index >= 15 is 0 Å². The maximum Gasteiger partial charge on any atom is 0.232 e. The minimum atomic E-state index is -4.10. The van der Waals surface area contributed by atoms with E-state index in [0.717, 1.165) is 0 Å². The zero-order chi connectivity index (χ0) is 22.9. The Bertz CT molecular complexity index is 1040. The molecule has 1 N–H and O–H groups in total. The molecule has 0 aromatic heterocycles. The maximum absolute atomic E-state index is 14.6. The molecule has 0 atom stereocenters. The Hall–Kier alpha value is -3.16. The summed E-state index contributed by atoms with van der Waals surface area (Å²) < 4.78 is 28.9. The summed E-state index contributed by atoms with van der Waals surface area (Å²) in [6.45, 7) is -0.0349. The lowest BCUT2D eigenvalue weighted by Crippen LogP contribution is -2.49. The van der Waals surface area contributed by atoms with Crippen molar-refractivity contribution >= 4 is 10.0 Å². The van der Waals surface area contributed by atoms with Gasteiger partial charge in [-0.3, -0.25) is 0 Å². The molecule has 7 nitrogen and oxygen atoms in total. The highest BCUT2D eigenvalue weighted by Gasteiger charge is 2.51. The molecule has 0 bridgehead atoms. The topological polar surface area (TPSA) is 106 Å². The van der Waals surface area contributed by atoms with Crippen LogP contribution in [0.4, 0.5) is 0 Å². The lowest BCUT2D eigenvalue weighted by molar-refractivity contribution is 0.269. The number of rotatable bonds is 11. The summed E-state index contributed by atoms with van der Waals surface area (Å²) in [5.41, 5.74) is 10.5. The Labute approximate surface area is 188 Å². The Morgan fingerprint density at radius 1 is 0.812 bits per heavy atom. The van der Waals surface area contributed by atoms with Crippen LogP contribution in [-0.2, 0) is 14.8 Å². The standard InChI is InChI=1S/C24H26N4O3S/c25-27-26-17-19-28(18-10-20-29)32(30,31)24(21-11-4-1-5-12-21,22-13-6-2-7-14-22)23-15-8-3-9-16-23/h1-9,11-16,29H,10,17-20H2. The minimum absolute atomic E-state index is 0.00436. The highest BCUT2D eigenvalue weighted by molar-refractivity contribution is 7.90. The lowest BCUT2D eigenvalue weighted by Gasteiger charge is -2.39. The Balaban J connectivity index is 2.35. The van der Waals surface area contributed by atoms with Crippen molar-refractivity contribution in [3.8, 4) is 0 Å². The van der Waals surface area contributed by atoms with E-state index in [-0.39, 0.29) is 32.7 Å². The molecule has 0 aliphatic carbocycles. The Kier molecular flexibility index (Phi) is 8.03. The molecule has 0 fully saturated rings. The van der Waals surface area contributed by atoms with Gasteiger partial charge < -0.3 is 5.11 Å². The van der Waals surface area contributed by atoms with Crippen molar-refractivity contribution in [3.63, 3.8) is 0 Å². The second-order valence-corrected chi connectivity index (χ2v) is 9.29. The summed E-state index contributed by atoms with van der Waals surface area (Å²) in [5.74, 6) is 0. The molecule has 166 valence electrons. The van der Waals surface area contributed by atoms with Crippen molar-refractivity contribution in [3.05, 3.63) is 118 Å². The van der Waals surface area contributed by atoms with Crippen LogP contribution >= 0.6 is 0 Å². The highest BCUT2D eigenvalue weighted by atomic mass is 32.2. The fourth-order valence-corrected chi connectivity index (χ4v) is 6.34. The number of azide groups is 1. The first-order valence-electron chi connectivity index (χ1n) is 10.4. The number of hydrogen-bond acceptors (Lipinski definition) is 4. The molecule has 8 heteroatoms. The van der Waals surface area contributed by atoms with E-state index < -0.39 is 14.8 Å². The van der Waals surface area contributed by atoms with Crippen molar-refractivity contribution in [1.29, 1.82) is 0 Å². The number of aliphatic hydroxyl groups excluding tert-OH is 1. The first-order valence-corrected chi connectivity index (χ1v) is 11.8. The molecule has 0 radical (unpaired) electrons. The van der Waals surface area contributed by atoms with E-state index in [1.807, 2.05) is 91.0 Å². The quantitative estimate of drug-likeness (QED) is 0.204. The molecule has 0 saturated heterocycles. The second kappa shape index (κ2) is 10.9. The average molecular weight is 451 g/mol. The zero-order valence-electron chi connectivity index (χ0n) is 17.7. The summed E-state index contributed by atoms with van der Waals surface area (Å²) in [5, 5.41) is 12.9. The van der Waals surface area contributed by atoms with Crippen molar-refractivity contribution in [2.75, 3.05) is 26.2 Å². The molecule has 3 aromatic carbocycles. The molecular formula is C24H26N4O3S.